The van der Waals surface area contributed by atoms with E-state index >= 15 is 0 Å². The van der Waals surface area contributed by atoms with Crippen molar-refractivity contribution in [1.29, 1.82) is 0 Å². The standard InChI is InChI=1S/C21H19ClN2O4S/c1-28-20-12-5-4-11-19(20)24-29(26,27)17-9-6-8-16(14-17)23-21(25)13-15-7-2-3-10-18(15)22/h2-12,14,24H,13H2,1H3,(H,23,25). The van der Waals surface area contributed by atoms with E-state index in [-0.39, 0.29) is 17.2 Å². The predicted octanol–water partition coefficient (Wildman–Crippen LogP) is 4.33. The number of hydrogen-bond donors (Lipinski definition) is 2. The number of anilines is 2. The quantitative estimate of drug-likeness (QED) is 0.584. The van der Waals surface area contributed by atoms with Crippen molar-refractivity contribution in [2.75, 3.05) is 17.1 Å². The molecule has 8 heteroatoms. The van der Waals surface area contributed by atoms with Crippen LogP contribution in [-0.2, 0) is 21.2 Å². The first-order chi connectivity index (χ1) is 13.9. The lowest BCUT2D eigenvalue weighted by molar-refractivity contribution is -0.115. The topological polar surface area (TPSA) is 84.5 Å². The molecule has 0 saturated heterocycles. The lowest BCUT2D eigenvalue weighted by atomic mass is 10.1. The van der Waals surface area contributed by atoms with E-state index in [0.29, 0.717) is 27.7 Å². The number of carbonyl (C=O) groups excluding carboxylic acids is 1. The minimum Gasteiger partial charge on any atom is -0.495 e. The zero-order valence-corrected chi connectivity index (χ0v) is 17.1. The summed E-state index contributed by atoms with van der Waals surface area (Å²) in [5.41, 5.74) is 1.38. The van der Waals surface area contributed by atoms with Gasteiger partial charge in [-0.2, -0.15) is 0 Å². The fourth-order valence-corrected chi connectivity index (χ4v) is 4.01. The van der Waals surface area contributed by atoms with E-state index in [1.807, 2.05) is 0 Å². The number of nitrogens with one attached hydrogen (secondary N) is 2. The molecular formula is C21H19ClN2O4S. The molecule has 0 fully saturated rings. The Balaban J connectivity index is 1.76. The normalized spacial score (nSPS) is 11.0. The third-order valence-corrected chi connectivity index (χ3v) is 5.82. The Morgan fingerprint density at radius 1 is 1.00 bits per heavy atom. The van der Waals surface area contributed by atoms with Gasteiger partial charge in [0.2, 0.25) is 5.91 Å². The van der Waals surface area contributed by atoms with E-state index in [2.05, 4.69) is 10.0 Å². The lowest BCUT2D eigenvalue weighted by Crippen LogP contribution is -2.16. The first-order valence-electron chi connectivity index (χ1n) is 8.68. The van der Waals surface area contributed by atoms with Crippen molar-refractivity contribution < 1.29 is 17.9 Å². The molecule has 0 unspecified atom stereocenters. The van der Waals surface area contributed by atoms with Gasteiger partial charge in [0.1, 0.15) is 5.75 Å². The highest BCUT2D eigenvalue weighted by atomic mass is 35.5. The molecule has 3 aromatic rings. The van der Waals surface area contributed by atoms with Gasteiger partial charge >= 0.3 is 0 Å². The number of carbonyl (C=O) groups is 1. The van der Waals surface area contributed by atoms with Crippen LogP contribution in [0.15, 0.2) is 77.7 Å². The van der Waals surface area contributed by atoms with Gasteiger partial charge in [-0.1, -0.05) is 48.0 Å². The summed E-state index contributed by atoms with van der Waals surface area (Å²) < 4.78 is 33.2. The molecule has 0 aromatic heterocycles. The maximum absolute atomic E-state index is 12.7. The van der Waals surface area contributed by atoms with Crippen molar-refractivity contribution in [3.63, 3.8) is 0 Å². The number of ether oxygens (including phenoxy) is 1. The molecule has 3 aromatic carbocycles. The Kier molecular flexibility index (Phi) is 6.41. The van der Waals surface area contributed by atoms with Gasteiger partial charge in [-0.05, 0) is 42.0 Å². The molecule has 0 atom stereocenters. The third-order valence-electron chi connectivity index (χ3n) is 4.09. The highest BCUT2D eigenvalue weighted by molar-refractivity contribution is 7.92. The SMILES string of the molecule is COc1ccccc1NS(=O)(=O)c1cccc(NC(=O)Cc2ccccc2Cl)c1. The summed E-state index contributed by atoms with van der Waals surface area (Å²) in [5, 5.41) is 3.20. The number of methoxy groups -OCH3 is 1. The fraction of sp³-hybridized carbons (Fsp3) is 0.0952. The van der Waals surface area contributed by atoms with Crippen LogP contribution < -0.4 is 14.8 Å². The molecule has 0 aliphatic rings. The van der Waals surface area contributed by atoms with Crippen molar-refractivity contribution >= 4 is 38.9 Å². The fourth-order valence-electron chi connectivity index (χ4n) is 2.69. The van der Waals surface area contributed by atoms with Crippen molar-refractivity contribution in [3.05, 3.63) is 83.4 Å². The van der Waals surface area contributed by atoms with Crippen LogP contribution in [0, 0.1) is 0 Å². The highest BCUT2D eigenvalue weighted by Crippen LogP contribution is 2.27. The van der Waals surface area contributed by atoms with E-state index in [0.717, 1.165) is 0 Å². The zero-order valence-electron chi connectivity index (χ0n) is 15.6. The van der Waals surface area contributed by atoms with Gasteiger partial charge in [0.05, 0.1) is 24.1 Å². The minimum absolute atomic E-state index is 0.0129. The summed E-state index contributed by atoms with van der Waals surface area (Å²) in [7, 11) is -2.41. The van der Waals surface area contributed by atoms with Gasteiger partial charge in [-0.15, -0.1) is 0 Å². The van der Waals surface area contributed by atoms with Crippen molar-refractivity contribution in [3.8, 4) is 5.75 Å². The molecule has 0 aliphatic carbocycles. The Morgan fingerprint density at radius 3 is 2.48 bits per heavy atom. The Morgan fingerprint density at radius 2 is 1.72 bits per heavy atom. The van der Waals surface area contributed by atoms with Crippen LogP contribution in [0.2, 0.25) is 5.02 Å². The average molecular weight is 431 g/mol. The predicted molar refractivity (Wildman–Crippen MR) is 114 cm³/mol. The highest BCUT2D eigenvalue weighted by Gasteiger charge is 2.17. The summed E-state index contributed by atoms with van der Waals surface area (Å²) in [4.78, 5) is 12.3. The molecular weight excluding hydrogens is 412 g/mol. The number of halogens is 1. The lowest BCUT2D eigenvalue weighted by Gasteiger charge is -2.13. The second-order valence-corrected chi connectivity index (χ2v) is 8.24. The number of hydrogen-bond acceptors (Lipinski definition) is 4. The molecule has 150 valence electrons. The van der Waals surface area contributed by atoms with Crippen LogP contribution >= 0.6 is 11.6 Å². The van der Waals surface area contributed by atoms with E-state index in [1.54, 1.807) is 60.7 Å². The second kappa shape index (κ2) is 8.98. The average Bonchev–Trinajstić information content (AvgIpc) is 2.70. The zero-order chi connectivity index (χ0) is 20.9. The van der Waals surface area contributed by atoms with Crippen LogP contribution in [0.5, 0.6) is 5.75 Å². The molecule has 2 N–H and O–H groups in total. The van der Waals surface area contributed by atoms with Crippen molar-refractivity contribution in [1.82, 2.24) is 0 Å². The van der Waals surface area contributed by atoms with Gasteiger partial charge in [0.25, 0.3) is 10.0 Å². The molecule has 6 nitrogen and oxygen atoms in total. The van der Waals surface area contributed by atoms with Gasteiger partial charge in [-0.25, -0.2) is 8.42 Å². The van der Waals surface area contributed by atoms with E-state index in [9.17, 15) is 13.2 Å². The van der Waals surface area contributed by atoms with Gasteiger partial charge in [-0.3, -0.25) is 9.52 Å². The molecule has 0 radical (unpaired) electrons. The summed E-state index contributed by atoms with van der Waals surface area (Å²) in [6, 6.07) is 19.8. The number of sulfonamides is 1. The minimum atomic E-state index is -3.87. The number of rotatable bonds is 7. The van der Waals surface area contributed by atoms with Crippen LogP contribution in [0.25, 0.3) is 0 Å². The molecule has 0 aliphatic heterocycles. The molecule has 0 heterocycles. The van der Waals surface area contributed by atoms with Gasteiger partial charge in [0, 0.05) is 10.7 Å². The maximum Gasteiger partial charge on any atom is 0.262 e. The molecule has 0 saturated carbocycles. The van der Waals surface area contributed by atoms with E-state index in [1.165, 1.54) is 19.2 Å². The van der Waals surface area contributed by atoms with Crippen LogP contribution in [0.3, 0.4) is 0 Å². The molecule has 29 heavy (non-hydrogen) atoms. The van der Waals surface area contributed by atoms with Crippen molar-refractivity contribution in [2.24, 2.45) is 0 Å². The van der Waals surface area contributed by atoms with Crippen LogP contribution in [-0.4, -0.2) is 21.4 Å². The summed E-state index contributed by atoms with van der Waals surface area (Å²) in [6.45, 7) is 0. The maximum atomic E-state index is 12.7. The Bertz CT molecular complexity index is 1130. The van der Waals surface area contributed by atoms with Crippen molar-refractivity contribution in [2.45, 2.75) is 11.3 Å². The smallest absolute Gasteiger partial charge is 0.262 e. The second-order valence-electron chi connectivity index (χ2n) is 6.15. The first kappa shape index (κ1) is 20.7. The van der Waals surface area contributed by atoms with Crippen LogP contribution in [0.4, 0.5) is 11.4 Å². The third kappa shape index (κ3) is 5.28. The van der Waals surface area contributed by atoms with E-state index < -0.39 is 10.0 Å². The molecule has 3 rings (SSSR count). The molecule has 0 spiro atoms. The summed E-state index contributed by atoms with van der Waals surface area (Å²) in [5.74, 6) is 0.102. The van der Waals surface area contributed by atoms with E-state index in [4.69, 9.17) is 16.3 Å². The van der Waals surface area contributed by atoms with Crippen LogP contribution in [0.1, 0.15) is 5.56 Å². The number of para-hydroxylation sites is 2. The molecule has 1 amide bonds. The molecule has 0 bridgehead atoms. The number of amides is 1. The summed E-state index contributed by atoms with van der Waals surface area (Å²) in [6.07, 6.45) is 0.0795. The largest absolute Gasteiger partial charge is 0.495 e. The monoisotopic (exact) mass is 430 g/mol. The van der Waals surface area contributed by atoms with Gasteiger partial charge in [0.15, 0.2) is 0 Å². The summed E-state index contributed by atoms with van der Waals surface area (Å²) >= 11 is 6.08. The Hall–Kier alpha value is -3.03. The number of benzene rings is 3. The first-order valence-corrected chi connectivity index (χ1v) is 10.5. The Labute approximate surface area is 174 Å². The van der Waals surface area contributed by atoms with Gasteiger partial charge < -0.3 is 10.1 Å².